The van der Waals surface area contributed by atoms with Crippen LogP contribution in [0.15, 0.2) is 65.4 Å². The second-order valence-electron chi connectivity index (χ2n) is 6.65. The van der Waals surface area contributed by atoms with Crippen molar-refractivity contribution in [3.8, 4) is 17.6 Å². The summed E-state index contributed by atoms with van der Waals surface area (Å²) in [4.78, 5) is 12.2. The highest BCUT2D eigenvalue weighted by atomic mass is 79.9. The molecule has 0 unspecified atom stereocenters. The Morgan fingerprint density at radius 1 is 1.13 bits per heavy atom. The number of nitriles is 1. The fourth-order valence-electron chi connectivity index (χ4n) is 3.27. The first kappa shape index (κ1) is 20.4. The molecule has 0 aliphatic rings. The zero-order valence-electron chi connectivity index (χ0n) is 16.7. The van der Waals surface area contributed by atoms with Crippen LogP contribution in [-0.4, -0.2) is 22.7 Å². The number of fused-ring (bicyclic) bond motifs is 1. The molecule has 0 aliphatic heterocycles. The zero-order chi connectivity index (χ0) is 22.0. The van der Waals surface area contributed by atoms with Gasteiger partial charge in [-0.25, -0.2) is 9.31 Å². The molecule has 2 aromatic carbocycles. The number of hydrogen-bond acceptors (Lipinski definition) is 6. The predicted octanol–water partition coefficient (Wildman–Crippen LogP) is 5.60. The number of halogens is 1. The van der Waals surface area contributed by atoms with E-state index in [9.17, 15) is 10.1 Å². The molecule has 7 nitrogen and oxygen atoms in total. The fraction of sp³-hybridized carbons (Fsp3) is 0.0870. The number of para-hydroxylation sites is 1. The molecule has 2 heterocycles. The van der Waals surface area contributed by atoms with Gasteiger partial charge in [0.15, 0.2) is 0 Å². The van der Waals surface area contributed by atoms with Gasteiger partial charge in [0.25, 0.3) is 0 Å². The lowest BCUT2D eigenvalue weighted by Gasteiger charge is -2.12. The van der Waals surface area contributed by atoms with Crippen LogP contribution >= 0.6 is 15.9 Å². The second-order valence-corrected chi connectivity index (χ2v) is 7.40. The van der Waals surface area contributed by atoms with Gasteiger partial charge in [0.05, 0.1) is 35.6 Å². The van der Waals surface area contributed by atoms with Crippen molar-refractivity contribution in [1.29, 1.82) is 5.26 Å². The Kier molecular flexibility index (Phi) is 5.60. The molecule has 0 saturated heterocycles. The third-order valence-corrected chi connectivity index (χ3v) is 5.49. The van der Waals surface area contributed by atoms with Gasteiger partial charge >= 0.3 is 5.97 Å². The van der Waals surface area contributed by atoms with Crippen molar-refractivity contribution in [3.05, 3.63) is 82.1 Å². The van der Waals surface area contributed by atoms with Crippen molar-refractivity contribution >= 4 is 38.8 Å². The van der Waals surface area contributed by atoms with Crippen molar-refractivity contribution in [1.82, 2.24) is 9.61 Å². The standard InChI is InChI=1S/C23H17BrN4O3/c1-14-19(23(29)30-2)22(24)28-21(14)20(15(12-25)13-26-28)27-16-8-10-18(11-9-16)31-17-6-4-3-5-7-17/h3-11,13,27H,1-2H3. The van der Waals surface area contributed by atoms with Crippen LogP contribution in [0.5, 0.6) is 11.5 Å². The number of nitrogens with one attached hydrogen (secondary N) is 1. The number of esters is 1. The van der Waals surface area contributed by atoms with E-state index in [0.29, 0.717) is 38.2 Å². The van der Waals surface area contributed by atoms with Gasteiger partial charge in [0.2, 0.25) is 0 Å². The van der Waals surface area contributed by atoms with Gasteiger partial charge in [-0.2, -0.15) is 10.4 Å². The molecule has 0 aliphatic carbocycles. The molecule has 4 rings (SSSR count). The molecule has 0 bridgehead atoms. The maximum absolute atomic E-state index is 12.2. The summed E-state index contributed by atoms with van der Waals surface area (Å²) in [7, 11) is 1.32. The molecule has 2 aromatic heterocycles. The Bertz CT molecular complexity index is 1310. The van der Waals surface area contributed by atoms with Crippen molar-refractivity contribution in [2.24, 2.45) is 0 Å². The van der Waals surface area contributed by atoms with Crippen molar-refractivity contribution in [2.75, 3.05) is 12.4 Å². The summed E-state index contributed by atoms with van der Waals surface area (Å²) in [5, 5.41) is 17.2. The highest BCUT2D eigenvalue weighted by molar-refractivity contribution is 9.10. The van der Waals surface area contributed by atoms with Gasteiger partial charge in [-0.05, 0) is 64.8 Å². The SMILES string of the molecule is COC(=O)c1c(C)c2c(Nc3ccc(Oc4ccccc4)cc3)c(C#N)cnn2c1Br. The van der Waals surface area contributed by atoms with Gasteiger partial charge in [0, 0.05) is 5.69 Å². The van der Waals surface area contributed by atoms with E-state index >= 15 is 0 Å². The van der Waals surface area contributed by atoms with Gasteiger partial charge in [0.1, 0.15) is 22.2 Å². The maximum atomic E-state index is 12.2. The third-order valence-electron chi connectivity index (χ3n) is 4.76. The monoisotopic (exact) mass is 476 g/mol. The van der Waals surface area contributed by atoms with Crippen LogP contribution in [-0.2, 0) is 4.74 Å². The van der Waals surface area contributed by atoms with Crippen molar-refractivity contribution < 1.29 is 14.3 Å². The molecule has 4 aromatic rings. The molecular weight excluding hydrogens is 460 g/mol. The molecule has 0 saturated carbocycles. The van der Waals surface area contributed by atoms with Crippen LogP contribution in [0.1, 0.15) is 21.5 Å². The lowest BCUT2D eigenvalue weighted by atomic mass is 10.1. The molecule has 31 heavy (non-hydrogen) atoms. The quantitative estimate of drug-likeness (QED) is 0.377. The van der Waals surface area contributed by atoms with Crippen LogP contribution in [0.3, 0.4) is 0 Å². The van der Waals surface area contributed by atoms with Crippen LogP contribution in [0.25, 0.3) is 5.52 Å². The minimum Gasteiger partial charge on any atom is -0.465 e. The number of rotatable bonds is 5. The van der Waals surface area contributed by atoms with Gasteiger partial charge < -0.3 is 14.8 Å². The normalized spacial score (nSPS) is 10.5. The highest BCUT2D eigenvalue weighted by Crippen LogP contribution is 2.35. The minimum atomic E-state index is -0.484. The van der Waals surface area contributed by atoms with E-state index in [-0.39, 0.29) is 0 Å². The number of carbonyl (C=O) groups excluding carboxylic acids is 1. The minimum absolute atomic E-state index is 0.349. The number of nitrogens with zero attached hydrogens (tertiary/aromatic N) is 3. The molecule has 8 heteroatoms. The van der Waals surface area contributed by atoms with E-state index in [4.69, 9.17) is 9.47 Å². The largest absolute Gasteiger partial charge is 0.465 e. The summed E-state index contributed by atoms with van der Waals surface area (Å²) >= 11 is 3.42. The Morgan fingerprint density at radius 2 is 1.81 bits per heavy atom. The van der Waals surface area contributed by atoms with E-state index in [0.717, 1.165) is 11.4 Å². The Balaban J connectivity index is 1.72. The van der Waals surface area contributed by atoms with Crippen LogP contribution in [0.2, 0.25) is 0 Å². The number of carbonyl (C=O) groups is 1. The summed E-state index contributed by atoms with van der Waals surface area (Å²) in [6.07, 6.45) is 1.45. The number of methoxy groups -OCH3 is 1. The number of ether oxygens (including phenoxy) is 2. The van der Waals surface area contributed by atoms with Crippen molar-refractivity contribution in [2.45, 2.75) is 6.92 Å². The summed E-state index contributed by atoms with van der Waals surface area (Å²) in [6, 6.07) is 19.0. The molecule has 0 atom stereocenters. The molecular formula is C23H17BrN4O3. The Morgan fingerprint density at radius 3 is 2.45 bits per heavy atom. The first-order valence-corrected chi connectivity index (χ1v) is 10.1. The summed E-state index contributed by atoms with van der Waals surface area (Å²) in [5.41, 5.74) is 3.26. The summed E-state index contributed by atoms with van der Waals surface area (Å²) < 4.78 is 12.7. The van der Waals surface area contributed by atoms with Crippen molar-refractivity contribution in [3.63, 3.8) is 0 Å². The fourth-order valence-corrected chi connectivity index (χ4v) is 4.00. The topological polar surface area (TPSA) is 88.6 Å². The lowest BCUT2D eigenvalue weighted by molar-refractivity contribution is 0.0599. The smallest absolute Gasteiger partial charge is 0.340 e. The number of aryl methyl sites for hydroxylation is 1. The third kappa shape index (κ3) is 3.83. The number of aromatic nitrogens is 2. The lowest BCUT2D eigenvalue weighted by Crippen LogP contribution is -2.02. The van der Waals surface area contributed by atoms with Crippen LogP contribution in [0, 0.1) is 18.3 Å². The first-order chi connectivity index (χ1) is 15.0. The van der Waals surface area contributed by atoms with E-state index in [2.05, 4.69) is 32.4 Å². The highest BCUT2D eigenvalue weighted by Gasteiger charge is 2.24. The number of anilines is 2. The summed E-state index contributed by atoms with van der Waals surface area (Å²) in [5.74, 6) is 0.947. The van der Waals surface area contributed by atoms with Gasteiger partial charge in [-0.1, -0.05) is 18.2 Å². The van der Waals surface area contributed by atoms with E-state index < -0.39 is 5.97 Å². The summed E-state index contributed by atoms with van der Waals surface area (Å²) in [6.45, 7) is 1.79. The van der Waals surface area contributed by atoms with Gasteiger partial charge in [-0.15, -0.1) is 0 Å². The van der Waals surface area contributed by atoms with E-state index in [1.807, 2.05) is 54.6 Å². The van der Waals surface area contributed by atoms with E-state index in [1.165, 1.54) is 13.3 Å². The molecule has 1 N–H and O–H groups in total. The molecule has 154 valence electrons. The molecule has 0 spiro atoms. The molecule has 0 radical (unpaired) electrons. The first-order valence-electron chi connectivity index (χ1n) is 9.31. The second kappa shape index (κ2) is 8.50. The number of benzene rings is 2. The predicted molar refractivity (Wildman–Crippen MR) is 120 cm³/mol. The number of hydrogen-bond donors (Lipinski definition) is 1. The van der Waals surface area contributed by atoms with Crippen LogP contribution < -0.4 is 10.1 Å². The van der Waals surface area contributed by atoms with E-state index in [1.54, 1.807) is 11.4 Å². The maximum Gasteiger partial charge on any atom is 0.340 e. The molecule has 0 fully saturated rings. The Hall–Kier alpha value is -3.83. The van der Waals surface area contributed by atoms with Gasteiger partial charge in [-0.3, -0.25) is 0 Å². The van der Waals surface area contributed by atoms with Crippen LogP contribution in [0.4, 0.5) is 11.4 Å². The average Bonchev–Trinajstić information content (AvgIpc) is 3.05. The average molecular weight is 477 g/mol. The molecule has 0 amide bonds. The Labute approximate surface area is 187 Å². The zero-order valence-corrected chi connectivity index (χ0v) is 18.3.